The van der Waals surface area contributed by atoms with Crippen LogP contribution in [-0.2, 0) is 5.75 Å². The molecule has 0 aliphatic carbocycles. The summed E-state index contributed by atoms with van der Waals surface area (Å²) in [5, 5.41) is 9.30. The minimum atomic E-state index is -0.592. The average Bonchev–Trinajstić information content (AvgIpc) is 3.18. The number of aromatic nitrogens is 3. The maximum atomic E-state index is 14.0. The number of thioether (sulfide) groups is 1. The monoisotopic (exact) mass is 409 g/mol. The van der Waals surface area contributed by atoms with Crippen molar-refractivity contribution in [2.45, 2.75) is 10.9 Å². The van der Waals surface area contributed by atoms with Crippen LogP contribution < -0.4 is 4.74 Å². The lowest BCUT2D eigenvalue weighted by atomic mass is 10.2. The molecule has 0 unspecified atom stereocenters. The van der Waals surface area contributed by atoms with Gasteiger partial charge in [-0.2, -0.15) is 0 Å². The number of halogens is 2. The van der Waals surface area contributed by atoms with Gasteiger partial charge in [0.15, 0.2) is 11.0 Å². The summed E-state index contributed by atoms with van der Waals surface area (Å²) in [6, 6.07) is 20.9. The zero-order valence-electron chi connectivity index (χ0n) is 15.5. The van der Waals surface area contributed by atoms with Crippen molar-refractivity contribution >= 4 is 11.8 Å². The Kier molecular flexibility index (Phi) is 5.57. The molecule has 4 rings (SSSR count). The van der Waals surface area contributed by atoms with Crippen molar-refractivity contribution in [3.05, 3.63) is 90.0 Å². The van der Waals surface area contributed by atoms with Gasteiger partial charge in [-0.1, -0.05) is 36.0 Å². The van der Waals surface area contributed by atoms with Crippen LogP contribution in [-0.4, -0.2) is 21.9 Å². The molecule has 0 bridgehead atoms. The number of rotatable bonds is 6. The fraction of sp³-hybridized carbons (Fsp3) is 0.0909. The molecule has 0 aliphatic heterocycles. The average molecular weight is 409 g/mol. The molecule has 0 aliphatic rings. The summed E-state index contributed by atoms with van der Waals surface area (Å²) in [7, 11) is 1.62. The second-order valence-corrected chi connectivity index (χ2v) is 7.17. The molecular formula is C22H17F2N3OS. The molecule has 0 saturated carbocycles. The number of para-hydroxylation sites is 1. The highest BCUT2D eigenvalue weighted by atomic mass is 32.2. The summed E-state index contributed by atoms with van der Waals surface area (Å²) in [4.78, 5) is 0. The second kappa shape index (κ2) is 8.45. The van der Waals surface area contributed by atoms with E-state index in [2.05, 4.69) is 10.2 Å². The molecule has 3 aromatic carbocycles. The Balaban J connectivity index is 1.71. The lowest BCUT2D eigenvalue weighted by Gasteiger charge is -2.11. The van der Waals surface area contributed by atoms with Gasteiger partial charge < -0.3 is 4.74 Å². The first-order chi connectivity index (χ1) is 14.2. The SMILES string of the molecule is COc1ccc(-c2nnc(SCc3ccc(F)cc3F)n2-c2ccccc2)cc1. The molecule has 1 heterocycles. The maximum absolute atomic E-state index is 14.0. The van der Waals surface area contributed by atoms with Crippen LogP contribution in [0.4, 0.5) is 8.78 Å². The molecule has 0 radical (unpaired) electrons. The highest BCUT2D eigenvalue weighted by Gasteiger charge is 2.17. The van der Waals surface area contributed by atoms with Gasteiger partial charge in [0.2, 0.25) is 0 Å². The summed E-state index contributed by atoms with van der Waals surface area (Å²) in [5.74, 6) is 0.561. The van der Waals surface area contributed by atoms with Gasteiger partial charge in [-0.3, -0.25) is 4.57 Å². The van der Waals surface area contributed by atoms with Crippen molar-refractivity contribution in [1.82, 2.24) is 14.8 Å². The van der Waals surface area contributed by atoms with Gasteiger partial charge in [0.25, 0.3) is 0 Å². The Morgan fingerprint density at radius 2 is 1.69 bits per heavy atom. The van der Waals surface area contributed by atoms with E-state index in [-0.39, 0.29) is 0 Å². The van der Waals surface area contributed by atoms with Crippen LogP contribution in [0.5, 0.6) is 5.75 Å². The molecule has 1 aromatic heterocycles. The molecule has 0 amide bonds. The van der Waals surface area contributed by atoms with Crippen molar-refractivity contribution in [2.24, 2.45) is 0 Å². The van der Waals surface area contributed by atoms with Gasteiger partial charge in [0.05, 0.1) is 7.11 Å². The first-order valence-electron chi connectivity index (χ1n) is 8.87. The fourth-order valence-electron chi connectivity index (χ4n) is 2.88. The van der Waals surface area contributed by atoms with Crippen LogP contribution in [0.2, 0.25) is 0 Å². The molecule has 4 nitrogen and oxygen atoms in total. The van der Waals surface area contributed by atoms with Crippen molar-refractivity contribution in [2.75, 3.05) is 7.11 Å². The van der Waals surface area contributed by atoms with E-state index in [1.807, 2.05) is 59.2 Å². The number of hydrogen-bond acceptors (Lipinski definition) is 4. The lowest BCUT2D eigenvalue weighted by Crippen LogP contribution is -2.00. The van der Waals surface area contributed by atoms with E-state index in [0.29, 0.717) is 22.3 Å². The van der Waals surface area contributed by atoms with E-state index in [0.717, 1.165) is 23.1 Å². The smallest absolute Gasteiger partial charge is 0.196 e. The molecule has 0 spiro atoms. The minimum absolute atomic E-state index is 0.305. The maximum Gasteiger partial charge on any atom is 0.196 e. The second-order valence-electron chi connectivity index (χ2n) is 6.23. The van der Waals surface area contributed by atoms with E-state index in [4.69, 9.17) is 4.74 Å². The first kappa shape index (κ1) is 19.1. The zero-order chi connectivity index (χ0) is 20.2. The Morgan fingerprint density at radius 3 is 2.38 bits per heavy atom. The predicted octanol–water partition coefficient (Wildman–Crippen LogP) is 5.51. The summed E-state index contributed by atoms with van der Waals surface area (Å²) in [5.41, 5.74) is 2.18. The van der Waals surface area contributed by atoms with E-state index < -0.39 is 11.6 Å². The van der Waals surface area contributed by atoms with Crippen LogP contribution in [0, 0.1) is 11.6 Å². The highest BCUT2D eigenvalue weighted by molar-refractivity contribution is 7.98. The van der Waals surface area contributed by atoms with Crippen LogP contribution in [0.25, 0.3) is 17.1 Å². The normalized spacial score (nSPS) is 10.9. The minimum Gasteiger partial charge on any atom is -0.497 e. The third kappa shape index (κ3) is 4.14. The predicted molar refractivity (Wildman–Crippen MR) is 109 cm³/mol. The summed E-state index contributed by atoms with van der Waals surface area (Å²) >= 11 is 1.34. The lowest BCUT2D eigenvalue weighted by molar-refractivity contribution is 0.415. The Hall–Kier alpha value is -3.19. The topological polar surface area (TPSA) is 39.9 Å². The largest absolute Gasteiger partial charge is 0.497 e. The van der Waals surface area contributed by atoms with Gasteiger partial charge >= 0.3 is 0 Å². The first-order valence-corrected chi connectivity index (χ1v) is 9.86. The van der Waals surface area contributed by atoms with E-state index >= 15 is 0 Å². The summed E-state index contributed by atoms with van der Waals surface area (Å²) < 4.78 is 34.3. The zero-order valence-corrected chi connectivity index (χ0v) is 16.4. The third-order valence-corrected chi connectivity index (χ3v) is 5.35. The van der Waals surface area contributed by atoms with E-state index in [9.17, 15) is 8.78 Å². The number of hydrogen-bond donors (Lipinski definition) is 0. The standard InChI is InChI=1S/C22H17F2N3OS/c1-28-19-11-8-15(9-12-19)21-25-26-22(27(21)18-5-3-2-4-6-18)29-14-16-7-10-17(23)13-20(16)24/h2-13H,14H2,1H3. The molecule has 4 aromatic rings. The van der Waals surface area contributed by atoms with Crippen LogP contribution >= 0.6 is 11.8 Å². The Bertz CT molecular complexity index is 1110. The summed E-state index contributed by atoms with van der Waals surface area (Å²) in [6.07, 6.45) is 0. The van der Waals surface area contributed by atoms with Crippen molar-refractivity contribution in [3.63, 3.8) is 0 Å². The van der Waals surface area contributed by atoms with Crippen LogP contribution in [0.15, 0.2) is 78.0 Å². The van der Waals surface area contributed by atoms with Gasteiger partial charge in [0, 0.05) is 23.1 Å². The molecule has 7 heteroatoms. The molecule has 0 N–H and O–H groups in total. The molecule has 146 valence electrons. The molecule has 0 atom stereocenters. The molecule has 0 fully saturated rings. The number of methoxy groups -OCH3 is 1. The summed E-state index contributed by atoms with van der Waals surface area (Å²) in [6.45, 7) is 0. The number of benzene rings is 3. The van der Waals surface area contributed by atoms with Crippen molar-refractivity contribution < 1.29 is 13.5 Å². The quantitative estimate of drug-likeness (QED) is 0.394. The number of nitrogens with zero attached hydrogens (tertiary/aromatic N) is 3. The fourth-order valence-corrected chi connectivity index (χ4v) is 3.82. The van der Waals surface area contributed by atoms with Crippen LogP contribution in [0.1, 0.15) is 5.56 Å². The molecule has 29 heavy (non-hydrogen) atoms. The highest BCUT2D eigenvalue weighted by Crippen LogP contribution is 2.31. The van der Waals surface area contributed by atoms with Gasteiger partial charge in [-0.05, 0) is 48.0 Å². The van der Waals surface area contributed by atoms with Gasteiger partial charge in [0.1, 0.15) is 17.4 Å². The Morgan fingerprint density at radius 1 is 0.931 bits per heavy atom. The third-order valence-electron chi connectivity index (χ3n) is 4.37. The molecular weight excluding hydrogens is 392 g/mol. The van der Waals surface area contributed by atoms with Crippen molar-refractivity contribution in [3.8, 4) is 22.8 Å². The number of ether oxygens (including phenoxy) is 1. The van der Waals surface area contributed by atoms with E-state index in [1.165, 1.54) is 23.9 Å². The Labute approximate surface area is 171 Å². The van der Waals surface area contributed by atoms with E-state index in [1.54, 1.807) is 7.11 Å². The molecule has 0 saturated heterocycles. The van der Waals surface area contributed by atoms with Gasteiger partial charge in [-0.25, -0.2) is 8.78 Å². The van der Waals surface area contributed by atoms with Gasteiger partial charge in [-0.15, -0.1) is 10.2 Å². The van der Waals surface area contributed by atoms with Crippen molar-refractivity contribution in [1.29, 1.82) is 0 Å². The van der Waals surface area contributed by atoms with Crippen LogP contribution in [0.3, 0.4) is 0 Å².